The summed E-state index contributed by atoms with van der Waals surface area (Å²) in [5.41, 5.74) is -0.287. The van der Waals surface area contributed by atoms with E-state index in [-0.39, 0.29) is 5.63 Å². The van der Waals surface area contributed by atoms with Crippen molar-refractivity contribution in [2.45, 2.75) is 5.09 Å². The highest BCUT2D eigenvalue weighted by Gasteiger charge is 1.99. The molecule has 0 aromatic carbocycles. The summed E-state index contributed by atoms with van der Waals surface area (Å²) in [6, 6.07) is 3.17. The van der Waals surface area contributed by atoms with Gasteiger partial charge in [0.15, 0.2) is 5.09 Å². The van der Waals surface area contributed by atoms with Gasteiger partial charge in [-0.1, -0.05) is 11.8 Å². The van der Waals surface area contributed by atoms with E-state index in [1.165, 1.54) is 17.8 Å². The molecule has 0 fully saturated rings. The lowest BCUT2D eigenvalue weighted by atomic mass is 10.5. The van der Waals surface area contributed by atoms with Gasteiger partial charge in [0.1, 0.15) is 0 Å². The first-order valence-electron chi connectivity index (χ1n) is 2.57. The maximum atomic E-state index is 10.6. The van der Waals surface area contributed by atoms with Gasteiger partial charge in [-0.25, -0.2) is 4.79 Å². The van der Waals surface area contributed by atoms with Gasteiger partial charge in [-0.15, -0.1) is 0 Å². The SMILES string of the molecule is CSc1oc(=O)ccc1I. The fourth-order valence-electron chi connectivity index (χ4n) is 0.523. The molecule has 2 nitrogen and oxygen atoms in total. The van der Waals surface area contributed by atoms with Crippen molar-refractivity contribution in [2.75, 3.05) is 6.26 Å². The molecule has 1 aromatic rings. The molecule has 0 bridgehead atoms. The van der Waals surface area contributed by atoms with Crippen LogP contribution in [0.3, 0.4) is 0 Å². The molecule has 0 aliphatic carbocycles. The summed E-state index contributed by atoms with van der Waals surface area (Å²) in [5.74, 6) is 0. The topological polar surface area (TPSA) is 30.2 Å². The fraction of sp³-hybridized carbons (Fsp3) is 0.167. The highest BCUT2D eigenvalue weighted by Crippen LogP contribution is 2.18. The Kier molecular flexibility index (Phi) is 2.79. The highest BCUT2D eigenvalue weighted by atomic mass is 127. The largest absolute Gasteiger partial charge is 0.415 e. The van der Waals surface area contributed by atoms with Gasteiger partial charge in [-0.05, 0) is 34.9 Å². The molecule has 0 spiro atoms. The van der Waals surface area contributed by atoms with Crippen molar-refractivity contribution in [2.24, 2.45) is 0 Å². The molecule has 1 rings (SSSR count). The summed E-state index contributed by atoms with van der Waals surface area (Å²) >= 11 is 3.56. The zero-order valence-electron chi connectivity index (χ0n) is 5.26. The minimum Gasteiger partial charge on any atom is -0.415 e. The van der Waals surface area contributed by atoms with E-state index in [9.17, 15) is 4.79 Å². The van der Waals surface area contributed by atoms with Crippen molar-refractivity contribution < 1.29 is 4.42 Å². The molecule has 10 heavy (non-hydrogen) atoms. The average Bonchev–Trinajstić information content (AvgIpc) is 1.94. The lowest BCUT2D eigenvalue weighted by molar-refractivity contribution is 0.417. The molecule has 0 saturated carbocycles. The van der Waals surface area contributed by atoms with Gasteiger partial charge in [0.2, 0.25) is 0 Å². The molecule has 0 radical (unpaired) electrons. The summed E-state index contributed by atoms with van der Waals surface area (Å²) in [6.07, 6.45) is 1.88. The van der Waals surface area contributed by atoms with Crippen LogP contribution in [-0.2, 0) is 0 Å². The predicted octanol–water partition coefficient (Wildman–Crippen LogP) is 1.97. The van der Waals surface area contributed by atoms with E-state index in [0.29, 0.717) is 5.09 Å². The van der Waals surface area contributed by atoms with Crippen LogP contribution >= 0.6 is 34.4 Å². The second-order valence-electron chi connectivity index (χ2n) is 1.59. The normalized spacial score (nSPS) is 9.80. The van der Waals surface area contributed by atoms with Gasteiger partial charge >= 0.3 is 5.63 Å². The summed E-state index contributed by atoms with van der Waals surface area (Å²) in [5, 5.41) is 0.688. The Morgan fingerprint density at radius 1 is 1.60 bits per heavy atom. The van der Waals surface area contributed by atoms with Crippen LogP contribution in [0, 0.1) is 3.57 Å². The van der Waals surface area contributed by atoms with E-state index < -0.39 is 0 Å². The molecular weight excluding hydrogens is 263 g/mol. The molecule has 54 valence electrons. The summed E-state index contributed by atoms with van der Waals surface area (Å²) in [6.45, 7) is 0. The van der Waals surface area contributed by atoms with Crippen molar-refractivity contribution in [3.05, 3.63) is 26.1 Å². The van der Waals surface area contributed by atoms with Gasteiger partial charge < -0.3 is 4.42 Å². The standard InChI is InChI=1S/C6H5IO2S/c1-10-6-4(7)2-3-5(8)9-6/h2-3H,1H3. The Morgan fingerprint density at radius 2 is 2.30 bits per heavy atom. The summed E-state index contributed by atoms with van der Waals surface area (Å²) in [4.78, 5) is 10.6. The van der Waals surface area contributed by atoms with Crippen LogP contribution in [0.5, 0.6) is 0 Å². The molecule has 1 aromatic heterocycles. The van der Waals surface area contributed by atoms with Crippen LogP contribution in [0.25, 0.3) is 0 Å². The predicted molar refractivity (Wildman–Crippen MR) is 49.5 cm³/mol. The number of thioether (sulfide) groups is 1. The maximum absolute atomic E-state index is 10.6. The van der Waals surface area contributed by atoms with Crippen molar-refractivity contribution in [3.8, 4) is 0 Å². The molecule has 0 amide bonds. The van der Waals surface area contributed by atoms with Gasteiger partial charge in [-0.3, -0.25) is 0 Å². The van der Waals surface area contributed by atoms with Crippen molar-refractivity contribution >= 4 is 34.4 Å². The smallest absolute Gasteiger partial charge is 0.336 e. The maximum Gasteiger partial charge on any atom is 0.336 e. The second-order valence-corrected chi connectivity index (χ2v) is 3.54. The molecule has 0 aliphatic rings. The average molecular weight is 268 g/mol. The van der Waals surface area contributed by atoms with E-state index in [0.717, 1.165) is 3.57 Å². The second kappa shape index (κ2) is 3.43. The Balaban J connectivity index is 3.22. The zero-order chi connectivity index (χ0) is 7.56. The van der Waals surface area contributed by atoms with Crippen molar-refractivity contribution in [1.29, 1.82) is 0 Å². The van der Waals surface area contributed by atoms with Crippen LogP contribution in [0.15, 0.2) is 26.4 Å². The van der Waals surface area contributed by atoms with E-state index in [1.54, 1.807) is 6.07 Å². The first kappa shape index (κ1) is 8.13. The molecule has 0 aliphatic heterocycles. The van der Waals surface area contributed by atoms with Crippen molar-refractivity contribution in [3.63, 3.8) is 0 Å². The summed E-state index contributed by atoms with van der Waals surface area (Å²) in [7, 11) is 0. The molecule has 0 N–H and O–H groups in total. The van der Waals surface area contributed by atoms with Crippen LogP contribution in [0.2, 0.25) is 0 Å². The quantitative estimate of drug-likeness (QED) is 0.576. The third-order valence-electron chi connectivity index (χ3n) is 0.939. The Morgan fingerprint density at radius 3 is 2.80 bits per heavy atom. The molecule has 0 saturated heterocycles. The van der Waals surface area contributed by atoms with Crippen LogP contribution < -0.4 is 5.63 Å². The lowest BCUT2D eigenvalue weighted by Gasteiger charge is -1.94. The minimum absolute atomic E-state index is 0.287. The van der Waals surface area contributed by atoms with E-state index in [1.807, 2.05) is 6.26 Å². The van der Waals surface area contributed by atoms with Gasteiger partial charge in [0.25, 0.3) is 0 Å². The number of hydrogen-bond acceptors (Lipinski definition) is 3. The van der Waals surface area contributed by atoms with Crippen LogP contribution in [0.4, 0.5) is 0 Å². The number of rotatable bonds is 1. The molecule has 0 unspecified atom stereocenters. The third-order valence-corrected chi connectivity index (χ3v) is 2.83. The molecule has 4 heteroatoms. The number of hydrogen-bond donors (Lipinski definition) is 0. The monoisotopic (exact) mass is 268 g/mol. The minimum atomic E-state index is -0.287. The molecular formula is C6H5IO2S. The summed E-state index contributed by atoms with van der Waals surface area (Å²) < 4.78 is 5.83. The van der Waals surface area contributed by atoms with E-state index >= 15 is 0 Å². The van der Waals surface area contributed by atoms with Crippen LogP contribution in [-0.4, -0.2) is 6.26 Å². The van der Waals surface area contributed by atoms with Crippen molar-refractivity contribution in [1.82, 2.24) is 0 Å². The van der Waals surface area contributed by atoms with Crippen LogP contribution in [0.1, 0.15) is 0 Å². The van der Waals surface area contributed by atoms with Gasteiger partial charge in [0, 0.05) is 6.07 Å². The zero-order valence-corrected chi connectivity index (χ0v) is 8.23. The molecule has 1 heterocycles. The molecule has 0 atom stereocenters. The first-order chi connectivity index (χ1) is 4.74. The lowest BCUT2D eigenvalue weighted by Crippen LogP contribution is -1.96. The van der Waals surface area contributed by atoms with E-state index in [2.05, 4.69) is 22.6 Å². The van der Waals surface area contributed by atoms with Gasteiger partial charge in [0.05, 0.1) is 3.57 Å². The van der Waals surface area contributed by atoms with Gasteiger partial charge in [-0.2, -0.15) is 0 Å². The Bertz CT molecular complexity index is 281. The third kappa shape index (κ3) is 1.76. The Hall–Kier alpha value is 0.0300. The highest BCUT2D eigenvalue weighted by molar-refractivity contribution is 14.1. The fourth-order valence-corrected chi connectivity index (χ4v) is 1.90. The number of halogens is 1. The van der Waals surface area contributed by atoms with E-state index in [4.69, 9.17) is 4.42 Å². The first-order valence-corrected chi connectivity index (χ1v) is 4.88. The Labute approximate surface area is 76.1 Å².